The fourth-order valence-electron chi connectivity index (χ4n) is 2.56. The van der Waals surface area contributed by atoms with Gasteiger partial charge >= 0.3 is 0 Å². The Kier molecular flexibility index (Phi) is 5.26. The molecular weight excluding hydrogens is 216 g/mol. The van der Waals surface area contributed by atoms with Gasteiger partial charge in [-0.1, -0.05) is 0 Å². The largest absolute Gasteiger partial charge is 0.378 e. The third-order valence-electron chi connectivity index (χ3n) is 3.72. The van der Waals surface area contributed by atoms with E-state index in [4.69, 9.17) is 4.74 Å². The van der Waals surface area contributed by atoms with Gasteiger partial charge in [0.05, 0.1) is 6.10 Å². The van der Waals surface area contributed by atoms with E-state index in [1.54, 1.807) is 0 Å². The van der Waals surface area contributed by atoms with E-state index in [0.29, 0.717) is 18.4 Å². The molecule has 4 heteroatoms. The zero-order valence-corrected chi connectivity index (χ0v) is 10.5. The van der Waals surface area contributed by atoms with Crippen LogP contribution in [0.1, 0.15) is 38.5 Å². The summed E-state index contributed by atoms with van der Waals surface area (Å²) in [6.07, 6.45) is 6.56. The van der Waals surface area contributed by atoms with Gasteiger partial charge in [-0.3, -0.25) is 4.79 Å². The highest BCUT2D eigenvalue weighted by Gasteiger charge is 2.17. The summed E-state index contributed by atoms with van der Waals surface area (Å²) in [5, 5.41) is 6.34. The first-order valence-corrected chi connectivity index (χ1v) is 6.93. The second kappa shape index (κ2) is 6.97. The SMILES string of the molecule is O=C(CCC1CCCCO1)NCC1CCNC1. The number of carbonyl (C=O) groups is 1. The lowest BCUT2D eigenvalue weighted by Gasteiger charge is -2.22. The Balaban J connectivity index is 1.53. The summed E-state index contributed by atoms with van der Waals surface area (Å²) in [5.74, 6) is 0.816. The molecule has 98 valence electrons. The standard InChI is InChI=1S/C13H24N2O2/c16-13(15-10-11-6-7-14-9-11)5-4-12-3-1-2-8-17-12/h11-12,14H,1-10H2,(H,15,16). The molecule has 2 aliphatic rings. The van der Waals surface area contributed by atoms with E-state index >= 15 is 0 Å². The second-order valence-electron chi connectivity index (χ2n) is 5.19. The third kappa shape index (κ3) is 4.64. The average molecular weight is 240 g/mol. The third-order valence-corrected chi connectivity index (χ3v) is 3.72. The summed E-state index contributed by atoms with van der Waals surface area (Å²) < 4.78 is 5.62. The molecule has 2 atom stereocenters. The first-order chi connectivity index (χ1) is 8.34. The molecule has 0 saturated carbocycles. The highest BCUT2D eigenvalue weighted by Crippen LogP contribution is 2.16. The fourth-order valence-corrected chi connectivity index (χ4v) is 2.56. The van der Waals surface area contributed by atoms with Gasteiger partial charge in [0.15, 0.2) is 0 Å². The van der Waals surface area contributed by atoms with Crippen LogP contribution in [-0.2, 0) is 9.53 Å². The van der Waals surface area contributed by atoms with Gasteiger partial charge in [-0.15, -0.1) is 0 Å². The van der Waals surface area contributed by atoms with Crippen LogP contribution < -0.4 is 10.6 Å². The molecule has 2 unspecified atom stereocenters. The molecule has 2 N–H and O–H groups in total. The van der Waals surface area contributed by atoms with Crippen molar-refractivity contribution < 1.29 is 9.53 Å². The van der Waals surface area contributed by atoms with Gasteiger partial charge in [0.1, 0.15) is 0 Å². The Morgan fingerprint density at radius 2 is 2.29 bits per heavy atom. The van der Waals surface area contributed by atoms with Crippen molar-refractivity contribution in [1.29, 1.82) is 0 Å². The van der Waals surface area contributed by atoms with Crippen LogP contribution in [0.15, 0.2) is 0 Å². The van der Waals surface area contributed by atoms with Gasteiger partial charge in [0, 0.05) is 19.6 Å². The van der Waals surface area contributed by atoms with E-state index in [9.17, 15) is 4.79 Å². The zero-order valence-electron chi connectivity index (χ0n) is 10.5. The molecule has 0 aromatic carbocycles. The van der Waals surface area contributed by atoms with Crippen molar-refractivity contribution in [2.24, 2.45) is 5.92 Å². The van der Waals surface area contributed by atoms with E-state index in [1.165, 1.54) is 19.3 Å². The van der Waals surface area contributed by atoms with Gasteiger partial charge in [0.2, 0.25) is 5.91 Å². The first-order valence-electron chi connectivity index (χ1n) is 6.93. The monoisotopic (exact) mass is 240 g/mol. The zero-order chi connectivity index (χ0) is 11.9. The normalized spacial score (nSPS) is 29.2. The summed E-state index contributed by atoms with van der Waals surface area (Å²) in [4.78, 5) is 11.7. The molecule has 2 heterocycles. The Morgan fingerprint density at radius 3 is 3.00 bits per heavy atom. The number of nitrogens with one attached hydrogen (secondary N) is 2. The van der Waals surface area contributed by atoms with Gasteiger partial charge < -0.3 is 15.4 Å². The molecule has 0 spiro atoms. The number of hydrogen-bond donors (Lipinski definition) is 2. The van der Waals surface area contributed by atoms with Gasteiger partial charge in [-0.2, -0.15) is 0 Å². The lowest BCUT2D eigenvalue weighted by molar-refractivity contribution is -0.122. The van der Waals surface area contributed by atoms with Gasteiger partial charge in [-0.05, 0) is 51.1 Å². The molecule has 0 aliphatic carbocycles. The summed E-state index contributed by atoms with van der Waals surface area (Å²) in [7, 11) is 0. The van der Waals surface area contributed by atoms with Crippen LogP contribution in [0.4, 0.5) is 0 Å². The predicted molar refractivity (Wildman–Crippen MR) is 66.8 cm³/mol. The molecule has 0 bridgehead atoms. The van der Waals surface area contributed by atoms with Crippen LogP contribution in [0.3, 0.4) is 0 Å². The topological polar surface area (TPSA) is 50.4 Å². The summed E-state index contributed by atoms with van der Waals surface area (Å²) in [6, 6.07) is 0. The Morgan fingerprint density at radius 1 is 1.35 bits per heavy atom. The van der Waals surface area contributed by atoms with E-state index in [0.717, 1.165) is 39.1 Å². The lowest BCUT2D eigenvalue weighted by atomic mass is 10.0. The van der Waals surface area contributed by atoms with Crippen LogP contribution in [0.5, 0.6) is 0 Å². The summed E-state index contributed by atoms with van der Waals surface area (Å²) >= 11 is 0. The number of hydrogen-bond acceptors (Lipinski definition) is 3. The van der Waals surface area contributed by atoms with E-state index in [-0.39, 0.29) is 5.91 Å². The van der Waals surface area contributed by atoms with Gasteiger partial charge in [-0.25, -0.2) is 0 Å². The van der Waals surface area contributed by atoms with Crippen LogP contribution in [-0.4, -0.2) is 38.3 Å². The van der Waals surface area contributed by atoms with E-state index in [1.807, 2.05) is 0 Å². The Bertz CT molecular complexity index is 234. The van der Waals surface area contributed by atoms with Crippen molar-refractivity contribution in [2.75, 3.05) is 26.2 Å². The highest BCUT2D eigenvalue weighted by molar-refractivity contribution is 5.75. The number of amides is 1. The molecule has 2 fully saturated rings. The maximum absolute atomic E-state index is 11.7. The Labute approximate surface area is 103 Å². The maximum Gasteiger partial charge on any atom is 0.220 e. The molecule has 0 aromatic heterocycles. The molecule has 1 amide bonds. The van der Waals surface area contributed by atoms with E-state index in [2.05, 4.69) is 10.6 Å². The minimum Gasteiger partial charge on any atom is -0.378 e. The second-order valence-corrected chi connectivity index (χ2v) is 5.19. The predicted octanol–water partition coefficient (Wildman–Crippen LogP) is 1.06. The highest BCUT2D eigenvalue weighted by atomic mass is 16.5. The molecule has 17 heavy (non-hydrogen) atoms. The van der Waals surface area contributed by atoms with Gasteiger partial charge in [0.25, 0.3) is 0 Å². The Hall–Kier alpha value is -0.610. The van der Waals surface area contributed by atoms with Crippen molar-refractivity contribution in [2.45, 2.75) is 44.6 Å². The lowest BCUT2D eigenvalue weighted by Crippen LogP contribution is -2.31. The molecule has 0 aromatic rings. The molecular formula is C13H24N2O2. The van der Waals surface area contributed by atoms with Crippen molar-refractivity contribution in [3.8, 4) is 0 Å². The molecule has 2 aliphatic heterocycles. The average Bonchev–Trinajstić information content (AvgIpc) is 2.88. The number of rotatable bonds is 5. The van der Waals surface area contributed by atoms with Crippen molar-refractivity contribution in [3.63, 3.8) is 0 Å². The van der Waals surface area contributed by atoms with Crippen LogP contribution in [0.2, 0.25) is 0 Å². The van der Waals surface area contributed by atoms with E-state index < -0.39 is 0 Å². The van der Waals surface area contributed by atoms with Crippen LogP contribution in [0.25, 0.3) is 0 Å². The first kappa shape index (κ1) is 12.8. The summed E-state index contributed by atoms with van der Waals surface area (Å²) in [5.41, 5.74) is 0. The maximum atomic E-state index is 11.7. The quantitative estimate of drug-likeness (QED) is 0.755. The van der Waals surface area contributed by atoms with Crippen molar-refractivity contribution >= 4 is 5.91 Å². The van der Waals surface area contributed by atoms with Crippen molar-refractivity contribution in [3.05, 3.63) is 0 Å². The van der Waals surface area contributed by atoms with Crippen LogP contribution in [0, 0.1) is 5.92 Å². The molecule has 4 nitrogen and oxygen atoms in total. The van der Waals surface area contributed by atoms with Crippen LogP contribution >= 0.6 is 0 Å². The van der Waals surface area contributed by atoms with Crippen molar-refractivity contribution in [1.82, 2.24) is 10.6 Å². The molecule has 2 saturated heterocycles. The fraction of sp³-hybridized carbons (Fsp3) is 0.923. The smallest absolute Gasteiger partial charge is 0.220 e. The number of ether oxygens (including phenoxy) is 1. The minimum absolute atomic E-state index is 0.186. The molecule has 2 rings (SSSR count). The summed E-state index contributed by atoms with van der Waals surface area (Å²) in [6.45, 7) is 3.85. The minimum atomic E-state index is 0.186. The number of carbonyl (C=O) groups excluding carboxylic acids is 1. The molecule has 0 radical (unpaired) electrons.